The van der Waals surface area contributed by atoms with Gasteiger partial charge in [-0.3, -0.25) is 4.79 Å². The van der Waals surface area contributed by atoms with Crippen molar-refractivity contribution < 1.29 is 17.7 Å². The van der Waals surface area contributed by atoms with Crippen molar-refractivity contribution in [3.05, 3.63) is 41.3 Å². The number of hydrogen-bond donors (Lipinski definition) is 2. The molecule has 27 heavy (non-hydrogen) atoms. The Kier molecular flexibility index (Phi) is 4.43. The van der Waals surface area contributed by atoms with Crippen LogP contribution in [0.2, 0.25) is 0 Å². The summed E-state index contributed by atoms with van der Waals surface area (Å²) in [5.74, 6) is 0.548. The highest BCUT2D eigenvalue weighted by molar-refractivity contribution is 7.89. The van der Waals surface area contributed by atoms with E-state index in [1.807, 2.05) is 6.07 Å². The number of amides is 1. The number of carbonyl (C=O) groups excluding carboxylic acids is 1. The van der Waals surface area contributed by atoms with Crippen LogP contribution in [-0.4, -0.2) is 43.6 Å². The van der Waals surface area contributed by atoms with Gasteiger partial charge < -0.3 is 14.7 Å². The molecule has 2 N–H and O–H groups in total. The summed E-state index contributed by atoms with van der Waals surface area (Å²) >= 11 is 0. The van der Waals surface area contributed by atoms with Crippen molar-refractivity contribution in [1.82, 2.24) is 14.8 Å². The van der Waals surface area contributed by atoms with Crippen LogP contribution in [-0.2, 0) is 10.0 Å². The third-order valence-electron chi connectivity index (χ3n) is 5.32. The Hall–Kier alpha value is -2.39. The number of rotatable bonds is 2. The zero-order valence-corrected chi connectivity index (χ0v) is 16.0. The smallest absolute Gasteiger partial charge is 0.259 e. The second-order valence-corrected chi connectivity index (χ2v) is 8.75. The summed E-state index contributed by atoms with van der Waals surface area (Å²) in [6.45, 7) is 4.62. The maximum atomic E-state index is 12.8. The molecule has 1 aromatic carbocycles. The molecule has 4 rings (SSSR count). The van der Waals surface area contributed by atoms with Crippen molar-refractivity contribution in [2.75, 3.05) is 18.4 Å². The molecule has 144 valence electrons. The van der Waals surface area contributed by atoms with Gasteiger partial charge in [-0.15, -0.1) is 0 Å². The van der Waals surface area contributed by atoms with E-state index in [2.05, 4.69) is 15.2 Å². The van der Waals surface area contributed by atoms with Gasteiger partial charge in [0.25, 0.3) is 5.91 Å². The molecule has 0 bridgehead atoms. The third-order valence-corrected chi connectivity index (χ3v) is 6.81. The Morgan fingerprint density at radius 1 is 1.22 bits per heavy atom. The predicted octanol–water partition coefficient (Wildman–Crippen LogP) is 1.87. The fraction of sp³-hybridized carbons (Fsp3) is 0.444. The fourth-order valence-electron chi connectivity index (χ4n) is 3.84. The minimum atomic E-state index is -3.53. The highest BCUT2D eigenvalue weighted by Crippen LogP contribution is 2.31. The number of nitrogens with zero attached hydrogens (tertiary/aromatic N) is 2. The van der Waals surface area contributed by atoms with Gasteiger partial charge >= 0.3 is 0 Å². The molecule has 3 heterocycles. The fourth-order valence-corrected chi connectivity index (χ4v) is 5.23. The molecule has 1 saturated heterocycles. The molecule has 0 saturated carbocycles. The summed E-state index contributed by atoms with van der Waals surface area (Å²) in [6, 6.07) is 6.89. The number of nitrogens with one attached hydrogen (secondary N) is 2. The number of benzene rings is 1. The Bertz CT molecular complexity index is 957. The molecule has 1 amide bonds. The average Bonchev–Trinajstić information content (AvgIpc) is 2.99. The van der Waals surface area contributed by atoms with E-state index in [-0.39, 0.29) is 22.9 Å². The van der Waals surface area contributed by atoms with Gasteiger partial charge in [0.1, 0.15) is 16.2 Å². The minimum Gasteiger partial charge on any atom is -0.368 e. The van der Waals surface area contributed by atoms with Crippen molar-refractivity contribution in [3.63, 3.8) is 0 Å². The van der Waals surface area contributed by atoms with Gasteiger partial charge in [0.05, 0.1) is 17.5 Å². The van der Waals surface area contributed by atoms with E-state index in [4.69, 9.17) is 4.52 Å². The quantitative estimate of drug-likeness (QED) is 0.811. The zero-order valence-electron chi connectivity index (χ0n) is 15.2. The second-order valence-electron chi connectivity index (χ2n) is 7.07. The Morgan fingerprint density at radius 2 is 1.93 bits per heavy atom. The Labute approximate surface area is 158 Å². The molecule has 2 aliphatic heterocycles. The first-order chi connectivity index (χ1) is 12.9. The monoisotopic (exact) mass is 390 g/mol. The molecule has 2 aliphatic rings. The third kappa shape index (κ3) is 3.21. The molecular formula is C18H22N4O4S. The number of sulfonamides is 1. The Balaban J connectivity index is 1.45. The molecule has 0 aliphatic carbocycles. The number of fused-ring (bicyclic) bond motifs is 1. The first-order valence-corrected chi connectivity index (χ1v) is 10.4. The lowest BCUT2D eigenvalue weighted by molar-refractivity contribution is 0.0677. The maximum absolute atomic E-state index is 12.8. The van der Waals surface area contributed by atoms with E-state index in [1.54, 1.807) is 36.9 Å². The number of aryl methyl sites for hydroxylation is 2. The van der Waals surface area contributed by atoms with Crippen molar-refractivity contribution >= 4 is 21.6 Å². The van der Waals surface area contributed by atoms with E-state index >= 15 is 0 Å². The van der Waals surface area contributed by atoms with E-state index < -0.39 is 10.0 Å². The van der Waals surface area contributed by atoms with Crippen LogP contribution in [0.4, 0.5) is 5.69 Å². The highest BCUT2D eigenvalue weighted by Gasteiger charge is 2.36. The van der Waals surface area contributed by atoms with Crippen LogP contribution in [0.5, 0.6) is 0 Å². The Morgan fingerprint density at radius 3 is 2.59 bits per heavy atom. The largest absolute Gasteiger partial charge is 0.368 e. The first kappa shape index (κ1) is 18.0. The number of hydrogen-bond acceptors (Lipinski definition) is 6. The van der Waals surface area contributed by atoms with Crippen LogP contribution >= 0.6 is 0 Å². The van der Waals surface area contributed by atoms with Crippen LogP contribution in [0.25, 0.3) is 0 Å². The number of para-hydroxylation sites is 1. The van der Waals surface area contributed by atoms with E-state index in [0.29, 0.717) is 48.6 Å². The lowest BCUT2D eigenvalue weighted by atomic mass is 9.93. The molecule has 8 nitrogen and oxygen atoms in total. The predicted molar refractivity (Wildman–Crippen MR) is 98.8 cm³/mol. The van der Waals surface area contributed by atoms with Gasteiger partial charge in [0.15, 0.2) is 0 Å². The van der Waals surface area contributed by atoms with Crippen LogP contribution in [0.15, 0.2) is 33.7 Å². The molecule has 1 unspecified atom stereocenters. The lowest BCUT2D eigenvalue weighted by Gasteiger charge is -2.38. The van der Waals surface area contributed by atoms with E-state index in [0.717, 1.165) is 0 Å². The van der Waals surface area contributed by atoms with Gasteiger partial charge in [0, 0.05) is 13.1 Å². The zero-order chi connectivity index (χ0) is 19.2. The summed E-state index contributed by atoms with van der Waals surface area (Å²) in [6.07, 6.45) is 1.04. The summed E-state index contributed by atoms with van der Waals surface area (Å²) in [5.41, 5.74) is 1.74. The number of carbonyl (C=O) groups is 1. The average molecular weight is 390 g/mol. The summed E-state index contributed by atoms with van der Waals surface area (Å²) in [7, 11) is -3.53. The van der Waals surface area contributed by atoms with Gasteiger partial charge in [-0.25, -0.2) is 8.42 Å². The number of piperidine rings is 1. The summed E-state index contributed by atoms with van der Waals surface area (Å²) < 4.78 is 32.8. The topological polar surface area (TPSA) is 105 Å². The van der Waals surface area contributed by atoms with Crippen LogP contribution in [0.1, 0.15) is 34.7 Å². The van der Waals surface area contributed by atoms with Crippen LogP contribution < -0.4 is 10.0 Å². The van der Waals surface area contributed by atoms with Gasteiger partial charge in [-0.2, -0.15) is 4.72 Å². The van der Waals surface area contributed by atoms with Gasteiger partial charge in [-0.05, 0) is 44.7 Å². The van der Waals surface area contributed by atoms with Crippen LogP contribution in [0, 0.1) is 19.8 Å². The molecule has 2 aromatic rings. The lowest BCUT2D eigenvalue weighted by Crippen LogP contribution is -2.52. The van der Waals surface area contributed by atoms with Crippen molar-refractivity contribution in [1.29, 1.82) is 0 Å². The maximum Gasteiger partial charge on any atom is 0.259 e. The highest BCUT2D eigenvalue weighted by atomic mass is 32.2. The van der Waals surface area contributed by atoms with E-state index in [1.165, 1.54) is 0 Å². The van der Waals surface area contributed by atoms with Crippen LogP contribution in [0.3, 0.4) is 0 Å². The molecule has 9 heteroatoms. The molecule has 1 aromatic heterocycles. The van der Waals surface area contributed by atoms with Gasteiger partial charge in [0.2, 0.25) is 10.0 Å². The number of anilines is 1. The summed E-state index contributed by atoms with van der Waals surface area (Å²) in [4.78, 5) is 14.8. The SMILES string of the molecule is Cc1noc(C)c1C(=O)N1CCC(C2Nc3ccccc3S(=O)(=O)N2)CC1. The van der Waals surface area contributed by atoms with Gasteiger partial charge in [-0.1, -0.05) is 17.3 Å². The first-order valence-electron chi connectivity index (χ1n) is 8.97. The molecule has 1 atom stereocenters. The number of likely N-dealkylation sites (tertiary alicyclic amines) is 1. The molecule has 0 spiro atoms. The summed E-state index contributed by atoms with van der Waals surface area (Å²) in [5, 5.41) is 7.14. The van der Waals surface area contributed by atoms with Crippen molar-refractivity contribution in [3.8, 4) is 0 Å². The second kappa shape index (κ2) is 6.65. The molecule has 1 fully saturated rings. The normalized spacial score (nSPS) is 22.1. The van der Waals surface area contributed by atoms with Crippen molar-refractivity contribution in [2.24, 2.45) is 5.92 Å². The number of aromatic nitrogens is 1. The van der Waals surface area contributed by atoms with Crippen molar-refractivity contribution in [2.45, 2.75) is 37.8 Å². The molecular weight excluding hydrogens is 368 g/mol. The molecule has 0 radical (unpaired) electrons. The van der Waals surface area contributed by atoms with E-state index in [9.17, 15) is 13.2 Å². The standard InChI is InChI=1S/C18H22N4O4S/c1-11-16(12(2)26-20-11)18(23)22-9-7-13(8-10-22)17-19-14-5-3-4-6-15(14)27(24,25)21-17/h3-6,13,17,19,21H,7-10H2,1-2H3. The minimum absolute atomic E-state index is 0.0766.